The Morgan fingerprint density at radius 3 is 3.00 bits per heavy atom. The molecule has 2 aromatic rings. The molecule has 3 rings (SSSR count). The van der Waals surface area contributed by atoms with Gasteiger partial charge in [-0.1, -0.05) is 18.2 Å². The molecule has 2 heterocycles. The summed E-state index contributed by atoms with van der Waals surface area (Å²) in [7, 11) is 0. The van der Waals surface area contributed by atoms with E-state index in [0.717, 1.165) is 17.7 Å². The summed E-state index contributed by atoms with van der Waals surface area (Å²) in [5.74, 6) is 0.126. The number of benzene rings is 1. The van der Waals surface area contributed by atoms with Crippen molar-refractivity contribution in [3.8, 4) is 0 Å². The second-order valence-corrected chi connectivity index (χ2v) is 5.69. The summed E-state index contributed by atoms with van der Waals surface area (Å²) >= 11 is 1.62. The van der Waals surface area contributed by atoms with Crippen LogP contribution in [0.2, 0.25) is 0 Å². The first-order valence-electron chi connectivity index (χ1n) is 6.39. The lowest BCUT2D eigenvalue weighted by molar-refractivity contribution is -0.118. The largest absolute Gasteiger partial charge is 0.326 e. The average molecular weight is 272 g/mol. The molecule has 2 N–H and O–H groups in total. The third kappa shape index (κ3) is 2.55. The molecule has 0 saturated heterocycles. The van der Waals surface area contributed by atoms with Crippen molar-refractivity contribution in [1.82, 2.24) is 0 Å². The summed E-state index contributed by atoms with van der Waals surface area (Å²) in [6.45, 7) is 0.611. The maximum atomic E-state index is 12.4. The molecule has 1 amide bonds. The van der Waals surface area contributed by atoms with Gasteiger partial charge in [0, 0.05) is 18.3 Å². The number of anilines is 1. The van der Waals surface area contributed by atoms with Gasteiger partial charge in [0.05, 0.1) is 6.42 Å². The summed E-state index contributed by atoms with van der Waals surface area (Å²) in [4.78, 5) is 14.3. The van der Waals surface area contributed by atoms with Gasteiger partial charge in [0.15, 0.2) is 0 Å². The molecule has 1 aliphatic rings. The highest BCUT2D eigenvalue weighted by Crippen LogP contribution is 2.27. The fraction of sp³-hybridized carbons (Fsp3) is 0.267. The highest BCUT2D eigenvalue weighted by atomic mass is 32.1. The maximum Gasteiger partial charge on any atom is 0.231 e. The van der Waals surface area contributed by atoms with Gasteiger partial charge in [0.25, 0.3) is 0 Å². The summed E-state index contributed by atoms with van der Waals surface area (Å²) in [6, 6.07) is 10.1. The number of nitrogens with zero attached hydrogens (tertiary/aromatic N) is 1. The molecule has 0 bridgehead atoms. The predicted molar refractivity (Wildman–Crippen MR) is 78.5 cm³/mol. The molecule has 0 saturated carbocycles. The molecular formula is C15H16N2OS. The van der Waals surface area contributed by atoms with Crippen LogP contribution in [0.25, 0.3) is 0 Å². The molecule has 3 nitrogen and oxygen atoms in total. The van der Waals surface area contributed by atoms with Crippen LogP contribution in [-0.4, -0.2) is 18.5 Å². The molecule has 1 aromatic carbocycles. The van der Waals surface area contributed by atoms with Crippen LogP contribution >= 0.6 is 11.3 Å². The van der Waals surface area contributed by atoms with Crippen LogP contribution < -0.4 is 10.6 Å². The summed E-state index contributed by atoms with van der Waals surface area (Å²) < 4.78 is 0. The van der Waals surface area contributed by atoms with Crippen molar-refractivity contribution in [1.29, 1.82) is 0 Å². The van der Waals surface area contributed by atoms with E-state index in [1.165, 1.54) is 5.56 Å². The van der Waals surface area contributed by atoms with Crippen molar-refractivity contribution in [2.75, 3.05) is 11.4 Å². The van der Waals surface area contributed by atoms with E-state index in [2.05, 4.69) is 6.07 Å². The van der Waals surface area contributed by atoms with Gasteiger partial charge in [-0.25, -0.2) is 0 Å². The SMILES string of the molecule is NC1Cc2ccccc2N(C(=O)Cc2ccsc2)C1. The minimum atomic E-state index is 0.0290. The smallest absolute Gasteiger partial charge is 0.231 e. The topological polar surface area (TPSA) is 46.3 Å². The van der Waals surface area contributed by atoms with E-state index in [9.17, 15) is 4.79 Å². The first-order valence-corrected chi connectivity index (χ1v) is 7.33. The number of rotatable bonds is 2. The number of carbonyl (C=O) groups is 1. The first-order chi connectivity index (χ1) is 9.24. The Bertz CT molecular complexity index is 580. The molecule has 4 heteroatoms. The standard InChI is InChI=1S/C15H16N2OS/c16-13-8-12-3-1-2-4-14(12)17(9-13)15(18)7-11-5-6-19-10-11/h1-6,10,13H,7-9,16H2. The third-order valence-electron chi connectivity index (χ3n) is 3.42. The quantitative estimate of drug-likeness (QED) is 0.911. The van der Waals surface area contributed by atoms with E-state index >= 15 is 0 Å². The number of hydrogen-bond donors (Lipinski definition) is 1. The Labute approximate surface area is 116 Å². The van der Waals surface area contributed by atoms with Crippen molar-refractivity contribution in [2.24, 2.45) is 5.73 Å². The minimum Gasteiger partial charge on any atom is -0.326 e. The van der Waals surface area contributed by atoms with Gasteiger partial charge in [-0.05, 0) is 40.4 Å². The van der Waals surface area contributed by atoms with Crippen LogP contribution in [-0.2, 0) is 17.6 Å². The second kappa shape index (κ2) is 5.15. The first kappa shape index (κ1) is 12.4. The van der Waals surface area contributed by atoms with Crippen molar-refractivity contribution < 1.29 is 4.79 Å². The number of hydrogen-bond acceptors (Lipinski definition) is 3. The molecule has 0 aliphatic carbocycles. The molecule has 0 radical (unpaired) electrons. The molecule has 98 valence electrons. The van der Waals surface area contributed by atoms with Crippen molar-refractivity contribution in [3.05, 3.63) is 52.2 Å². The Balaban J connectivity index is 1.86. The zero-order valence-electron chi connectivity index (χ0n) is 10.6. The predicted octanol–water partition coefficient (Wildman–Crippen LogP) is 2.21. The average Bonchev–Trinajstić information content (AvgIpc) is 2.90. The fourth-order valence-electron chi connectivity index (χ4n) is 2.53. The fourth-order valence-corrected chi connectivity index (χ4v) is 3.19. The number of carbonyl (C=O) groups excluding carboxylic acids is 1. The van der Waals surface area contributed by atoms with Crippen LogP contribution in [0.3, 0.4) is 0 Å². The lowest BCUT2D eigenvalue weighted by Gasteiger charge is -2.33. The van der Waals surface area contributed by atoms with Gasteiger partial charge >= 0.3 is 0 Å². The van der Waals surface area contributed by atoms with Crippen molar-refractivity contribution in [3.63, 3.8) is 0 Å². The second-order valence-electron chi connectivity index (χ2n) is 4.91. The van der Waals surface area contributed by atoms with Gasteiger partial charge in [-0.3, -0.25) is 4.79 Å². The number of para-hydroxylation sites is 1. The molecule has 1 atom stereocenters. The molecule has 1 aliphatic heterocycles. The lowest BCUT2D eigenvalue weighted by atomic mass is 9.98. The Morgan fingerprint density at radius 1 is 1.37 bits per heavy atom. The number of amides is 1. The number of nitrogens with two attached hydrogens (primary N) is 1. The molecule has 0 spiro atoms. The Hall–Kier alpha value is -1.65. The normalized spacial score (nSPS) is 18.2. The monoisotopic (exact) mass is 272 g/mol. The summed E-state index contributed by atoms with van der Waals surface area (Å²) in [5.41, 5.74) is 9.32. The van der Waals surface area contributed by atoms with E-state index in [0.29, 0.717) is 13.0 Å². The minimum absolute atomic E-state index is 0.0290. The number of thiophene rings is 1. The van der Waals surface area contributed by atoms with Crippen LogP contribution in [0.1, 0.15) is 11.1 Å². The lowest BCUT2D eigenvalue weighted by Crippen LogP contribution is -2.46. The molecule has 19 heavy (non-hydrogen) atoms. The Morgan fingerprint density at radius 2 is 2.21 bits per heavy atom. The number of fused-ring (bicyclic) bond motifs is 1. The van der Waals surface area contributed by atoms with Crippen molar-refractivity contribution in [2.45, 2.75) is 18.9 Å². The zero-order chi connectivity index (χ0) is 13.2. The van der Waals surface area contributed by atoms with E-state index in [4.69, 9.17) is 5.73 Å². The van der Waals surface area contributed by atoms with Gasteiger partial charge in [0.1, 0.15) is 0 Å². The Kier molecular flexibility index (Phi) is 3.36. The van der Waals surface area contributed by atoms with E-state index in [-0.39, 0.29) is 11.9 Å². The summed E-state index contributed by atoms with van der Waals surface area (Å²) in [6.07, 6.45) is 1.29. The van der Waals surface area contributed by atoms with Gasteiger partial charge < -0.3 is 10.6 Å². The van der Waals surface area contributed by atoms with Crippen LogP contribution in [0.4, 0.5) is 5.69 Å². The van der Waals surface area contributed by atoms with Gasteiger partial charge in [-0.15, -0.1) is 0 Å². The highest BCUT2D eigenvalue weighted by Gasteiger charge is 2.26. The van der Waals surface area contributed by atoms with Gasteiger partial charge in [-0.2, -0.15) is 11.3 Å². The van der Waals surface area contributed by atoms with Crippen LogP contribution in [0.5, 0.6) is 0 Å². The maximum absolute atomic E-state index is 12.4. The molecule has 1 unspecified atom stereocenters. The summed E-state index contributed by atoms with van der Waals surface area (Å²) in [5, 5.41) is 4.02. The molecule has 0 fully saturated rings. The van der Waals surface area contributed by atoms with E-state index < -0.39 is 0 Å². The third-order valence-corrected chi connectivity index (χ3v) is 4.15. The van der Waals surface area contributed by atoms with E-state index in [1.807, 2.05) is 39.9 Å². The molecular weight excluding hydrogens is 256 g/mol. The van der Waals surface area contributed by atoms with Crippen LogP contribution in [0, 0.1) is 0 Å². The zero-order valence-corrected chi connectivity index (χ0v) is 11.4. The van der Waals surface area contributed by atoms with Gasteiger partial charge in [0.2, 0.25) is 5.91 Å². The van der Waals surface area contributed by atoms with Crippen molar-refractivity contribution >= 4 is 22.9 Å². The highest BCUT2D eigenvalue weighted by molar-refractivity contribution is 7.08. The molecule has 1 aromatic heterocycles. The van der Waals surface area contributed by atoms with E-state index in [1.54, 1.807) is 11.3 Å². The van der Waals surface area contributed by atoms with Crippen LogP contribution in [0.15, 0.2) is 41.1 Å².